The van der Waals surface area contributed by atoms with Crippen molar-refractivity contribution in [2.75, 3.05) is 0 Å². The molecule has 2 unspecified atom stereocenters. The second-order valence-corrected chi connectivity index (χ2v) is 3.96. The molecule has 1 fully saturated rings. The van der Waals surface area contributed by atoms with Gasteiger partial charge in [0.2, 0.25) is 0 Å². The Balaban J connectivity index is 1.98. The summed E-state index contributed by atoms with van der Waals surface area (Å²) in [5.41, 5.74) is 0.870. The lowest BCUT2D eigenvalue weighted by molar-refractivity contribution is 0.0604. The predicted molar refractivity (Wildman–Crippen MR) is 56.6 cm³/mol. The molecule has 82 valence electrons. The molecule has 0 radical (unpaired) electrons. The molecule has 1 aliphatic carbocycles. The molecule has 0 saturated heterocycles. The molecule has 0 amide bonds. The number of hydrogen-bond acceptors (Lipinski definition) is 3. The Kier molecular flexibility index (Phi) is 3.23. The molecule has 3 heteroatoms. The van der Waals surface area contributed by atoms with Crippen LogP contribution in [0.2, 0.25) is 0 Å². The summed E-state index contributed by atoms with van der Waals surface area (Å²) in [4.78, 5) is 0. The number of aliphatic hydroxyl groups is 2. The highest BCUT2D eigenvalue weighted by Crippen LogP contribution is 2.24. The Morgan fingerprint density at radius 2 is 1.93 bits per heavy atom. The van der Waals surface area contributed by atoms with Crippen LogP contribution in [0.3, 0.4) is 0 Å². The van der Waals surface area contributed by atoms with Gasteiger partial charge in [-0.05, 0) is 37.0 Å². The van der Waals surface area contributed by atoms with E-state index in [9.17, 15) is 5.11 Å². The smallest absolute Gasteiger partial charge is 0.124 e. The summed E-state index contributed by atoms with van der Waals surface area (Å²) in [6, 6.07) is 7.32. The van der Waals surface area contributed by atoms with Crippen LogP contribution in [0.15, 0.2) is 24.3 Å². The van der Waals surface area contributed by atoms with E-state index >= 15 is 0 Å². The summed E-state index contributed by atoms with van der Waals surface area (Å²) < 4.78 is 5.66. The van der Waals surface area contributed by atoms with Crippen LogP contribution in [0, 0.1) is 0 Å². The van der Waals surface area contributed by atoms with E-state index in [1.807, 2.05) is 24.3 Å². The third kappa shape index (κ3) is 2.49. The number of benzene rings is 1. The fraction of sp³-hybridized carbons (Fsp3) is 0.500. The quantitative estimate of drug-likeness (QED) is 0.790. The van der Waals surface area contributed by atoms with Crippen LogP contribution < -0.4 is 4.74 Å². The molecule has 1 aromatic rings. The Bertz CT molecular complexity index is 307. The zero-order chi connectivity index (χ0) is 10.7. The van der Waals surface area contributed by atoms with Crippen LogP contribution in [-0.4, -0.2) is 22.4 Å². The van der Waals surface area contributed by atoms with Crippen LogP contribution in [0.1, 0.15) is 24.8 Å². The minimum absolute atomic E-state index is 0.0479. The molecule has 0 aliphatic heterocycles. The van der Waals surface area contributed by atoms with Crippen LogP contribution in [0.4, 0.5) is 0 Å². The third-order valence-corrected chi connectivity index (χ3v) is 2.81. The maximum Gasteiger partial charge on any atom is 0.124 e. The topological polar surface area (TPSA) is 49.7 Å². The molecule has 2 rings (SSSR count). The van der Waals surface area contributed by atoms with Crippen molar-refractivity contribution in [2.24, 2.45) is 0 Å². The Morgan fingerprint density at radius 3 is 2.47 bits per heavy atom. The number of aliphatic hydroxyl groups excluding tert-OH is 2. The first-order valence-corrected chi connectivity index (χ1v) is 5.34. The summed E-state index contributed by atoms with van der Waals surface area (Å²) in [6.45, 7) is 0.0479. The number of rotatable bonds is 3. The molecule has 1 aliphatic rings. The molecule has 2 N–H and O–H groups in total. The van der Waals surface area contributed by atoms with E-state index in [4.69, 9.17) is 9.84 Å². The highest BCUT2D eigenvalue weighted by molar-refractivity contribution is 5.27. The molecule has 0 spiro atoms. The highest BCUT2D eigenvalue weighted by atomic mass is 16.5. The van der Waals surface area contributed by atoms with Gasteiger partial charge in [-0.1, -0.05) is 12.1 Å². The molecule has 15 heavy (non-hydrogen) atoms. The molecule has 2 atom stereocenters. The standard InChI is InChI=1S/C12H16O3/c13-8-9-4-6-10(7-5-9)15-12-3-1-2-11(12)14/h4-7,11-14H,1-3,8H2. The van der Waals surface area contributed by atoms with Crippen LogP contribution in [0.5, 0.6) is 5.75 Å². The fourth-order valence-corrected chi connectivity index (χ4v) is 1.89. The summed E-state index contributed by atoms with van der Waals surface area (Å²) in [7, 11) is 0. The van der Waals surface area contributed by atoms with Crippen molar-refractivity contribution >= 4 is 0 Å². The average molecular weight is 208 g/mol. The number of ether oxygens (including phenoxy) is 1. The lowest BCUT2D eigenvalue weighted by Gasteiger charge is -2.17. The SMILES string of the molecule is OCc1ccc(OC2CCCC2O)cc1. The van der Waals surface area contributed by atoms with E-state index in [0.717, 1.165) is 30.6 Å². The predicted octanol–water partition coefficient (Wildman–Crippen LogP) is 1.47. The van der Waals surface area contributed by atoms with Crippen molar-refractivity contribution in [3.05, 3.63) is 29.8 Å². The first kappa shape index (κ1) is 10.5. The van der Waals surface area contributed by atoms with E-state index in [0.29, 0.717) is 0 Å². The Morgan fingerprint density at radius 1 is 1.20 bits per heavy atom. The molecule has 0 heterocycles. The monoisotopic (exact) mass is 208 g/mol. The summed E-state index contributed by atoms with van der Waals surface area (Å²) in [5, 5.41) is 18.5. The summed E-state index contributed by atoms with van der Waals surface area (Å²) in [6.07, 6.45) is 2.38. The number of hydrogen-bond donors (Lipinski definition) is 2. The minimum Gasteiger partial charge on any atom is -0.488 e. The Hall–Kier alpha value is -1.06. The van der Waals surface area contributed by atoms with Crippen molar-refractivity contribution in [1.82, 2.24) is 0 Å². The normalized spacial score (nSPS) is 25.5. The van der Waals surface area contributed by atoms with Gasteiger partial charge in [0.15, 0.2) is 0 Å². The molecular formula is C12H16O3. The molecule has 3 nitrogen and oxygen atoms in total. The summed E-state index contributed by atoms with van der Waals surface area (Å²) >= 11 is 0. The average Bonchev–Trinajstić information content (AvgIpc) is 2.66. The molecule has 1 saturated carbocycles. The van der Waals surface area contributed by atoms with Crippen LogP contribution in [0.25, 0.3) is 0 Å². The molecule has 1 aromatic carbocycles. The second-order valence-electron chi connectivity index (χ2n) is 3.96. The first-order valence-electron chi connectivity index (χ1n) is 5.34. The zero-order valence-electron chi connectivity index (χ0n) is 8.60. The van der Waals surface area contributed by atoms with Gasteiger partial charge >= 0.3 is 0 Å². The highest BCUT2D eigenvalue weighted by Gasteiger charge is 2.26. The van der Waals surface area contributed by atoms with Crippen molar-refractivity contribution in [3.8, 4) is 5.75 Å². The maximum absolute atomic E-state index is 9.59. The second kappa shape index (κ2) is 4.64. The van der Waals surface area contributed by atoms with Gasteiger partial charge in [-0.3, -0.25) is 0 Å². The minimum atomic E-state index is -0.331. The van der Waals surface area contributed by atoms with Gasteiger partial charge in [0, 0.05) is 0 Å². The van der Waals surface area contributed by atoms with Crippen LogP contribution >= 0.6 is 0 Å². The van der Waals surface area contributed by atoms with Crippen molar-refractivity contribution < 1.29 is 14.9 Å². The molecular weight excluding hydrogens is 192 g/mol. The van der Waals surface area contributed by atoms with Gasteiger partial charge in [0.05, 0.1) is 12.7 Å². The van der Waals surface area contributed by atoms with Crippen molar-refractivity contribution in [3.63, 3.8) is 0 Å². The van der Waals surface area contributed by atoms with Crippen molar-refractivity contribution in [2.45, 2.75) is 38.1 Å². The third-order valence-electron chi connectivity index (χ3n) is 2.81. The Labute approximate surface area is 89.3 Å². The van der Waals surface area contributed by atoms with E-state index in [1.165, 1.54) is 0 Å². The van der Waals surface area contributed by atoms with Gasteiger partial charge in [-0.2, -0.15) is 0 Å². The van der Waals surface area contributed by atoms with E-state index < -0.39 is 0 Å². The van der Waals surface area contributed by atoms with Gasteiger partial charge in [-0.15, -0.1) is 0 Å². The van der Waals surface area contributed by atoms with Crippen LogP contribution in [-0.2, 0) is 6.61 Å². The lowest BCUT2D eigenvalue weighted by Crippen LogP contribution is -2.25. The molecule has 0 aromatic heterocycles. The first-order chi connectivity index (χ1) is 7.29. The summed E-state index contributed by atoms with van der Waals surface area (Å²) in [5.74, 6) is 0.762. The van der Waals surface area contributed by atoms with Gasteiger partial charge in [0.1, 0.15) is 11.9 Å². The van der Waals surface area contributed by atoms with Gasteiger partial charge < -0.3 is 14.9 Å². The maximum atomic E-state index is 9.59. The van der Waals surface area contributed by atoms with E-state index in [2.05, 4.69) is 0 Å². The fourth-order valence-electron chi connectivity index (χ4n) is 1.89. The van der Waals surface area contributed by atoms with E-state index in [1.54, 1.807) is 0 Å². The van der Waals surface area contributed by atoms with Gasteiger partial charge in [-0.25, -0.2) is 0 Å². The molecule has 0 bridgehead atoms. The lowest BCUT2D eigenvalue weighted by atomic mass is 10.2. The largest absolute Gasteiger partial charge is 0.488 e. The van der Waals surface area contributed by atoms with Gasteiger partial charge in [0.25, 0.3) is 0 Å². The van der Waals surface area contributed by atoms with E-state index in [-0.39, 0.29) is 18.8 Å². The van der Waals surface area contributed by atoms with Crippen molar-refractivity contribution in [1.29, 1.82) is 0 Å². The zero-order valence-corrected chi connectivity index (χ0v) is 8.60.